The third-order valence-corrected chi connectivity index (χ3v) is 2.09. The molecule has 0 aliphatic carbocycles. The number of carbonyl (C=O) groups is 1. The number of benzene rings is 1. The van der Waals surface area contributed by atoms with Crippen molar-refractivity contribution in [2.24, 2.45) is 0 Å². The van der Waals surface area contributed by atoms with E-state index >= 15 is 0 Å². The Balaban J connectivity index is 2.72. The van der Waals surface area contributed by atoms with Crippen molar-refractivity contribution in [1.82, 2.24) is 5.32 Å². The molecule has 1 aromatic carbocycles. The smallest absolute Gasteiger partial charge is 0.252 e. The van der Waals surface area contributed by atoms with Crippen LogP contribution in [-0.2, 0) is 0 Å². The molecule has 0 unspecified atom stereocenters. The lowest BCUT2D eigenvalue weighted by Crippen LogP contribution is -2.23. The summed E-state index contributed by atoms with van der Waals surface area (Å²) < 4.78 is 1.00. The normalized spacial score (nSPS) is 8.92. The topological polar surface area (TPSA) is 52.9 Å². The largest absolute Gasteiger partial charge is 0.339 e. The van der Waals surface area contributed by atoms with E-state index in [0.717, 1.165) is 3.57 Å². The molecular weight excluding hydrogens is 279 g/mol. The molecule has 1 rings (SSSR count). The summed E-state index contributed by atoms with van der Waals surface area (Å²) in [6.45, 7) is 0.0459. The summed E-state index contributed by atoms with van der Waals surface area (Å²) in [5.74, 6) is -0.208. The van der Waals surface area contributed by atoms with Crippen LogP contribution in [0.1, 0.15) is 10.4 Å². The van der Waals surface area contributed by atoms with E-state index in [2.05, 4.69) is 27.9 Å². The van der Waals surface area contributed by atoms with Crippen LogP contribution < -0.4 is 5.32 Å². The van der Waals surface area contributed by atoms with Gasteiger partial charge in [-0.15, -0.1) is 0 Å². The maximum atomic E-state index is 11.3. The Morgan fingerprint density at radius 2 is 2.38 bits per heavy atom. The number of hydrogen-bond donors (Lipinski definition) is 1. The first-order valence-electron chi connectivity index (χ1n) is 3.65. The molecule has 1 amide bonds. The molecular formula is C9H7IN2O. The van der Waals surface area contributed by atoms with E-state index in [9.17, 15) is 4.79 Å². The molecule has 0 saturated carbocycles. The number of amides is 1. The van der Waals surface area contributed by atoms with Gasteiger partial charge in [-0.1, -0.05) is 6.07 Å². The van der Waals surface area contributed by atoms with Crippen molar-refractivity contribution < 1.29 is 4.79 Å². The molecule has 1 aromatic rings. The minimum absolute atomic E-state index is 0.0459. The summed E-state index contributed by atoms with van der Waals surface area (Å²) in [6.07, 6.45) is 0. The molecule has 3 nitrogen and oxygen atoms in total. The maximum Gasteiger partial charge on any atom is 0.252 e. The Labute approximate surface area is 89.9 Å². The first kappa shape index (κ1) is 9.99. The van der Waals surface area contributed by atoms with Crippen molar-refractivity contribution in [3.8, 4) is 6.07 Å². The third kappa shape index (κ3) is 3.03. The minimum atomic E-state index is -0.208. The van der Waals surface area contributed by atoms with Gasteiger partial charge in [0.25, 0.3) is 5.91 Å². The highest BCUT2D eigenvalue weighted by Crippen LogP contribution is 2.07. The van der Waals surface area contributed by atoms with Gasteiger partial charge in [0.05, 0.1) is 6.07 Å². The number of halogens is 1. The first-order chi connectivity index (χ1) is 6.24. The Kier molecular flexibility index (Phi) is 3.71. The van der Waals surface area contributed by atoms with E-state index in [-0.39, 0.29) is 12.5 Å². The molecule has 0 bridgehead atoms. The summed E-state index contributed by atoms with van der Waals surface area (Å²) >= 11 is 2.13. The highest BCUT2D eigenvalue weighted by Gasteiger charge is 2.03. The first-order valence-corrected chi connectivity index (χ1v) is 4.72. The zero-order chi connectivity index (χ0) is 9.68. The molecule has 1 N–H and O–H groups in total. The van der Waals surface area contributed by atoms with E-state index in [1.165, 1.54) is 0 Å². The summed E-state index contributed by atoms with van der Waals surface area (Å²) in [5.41, 5.74) is 0.585. The fourth-order valence-electron chi connectivity index (χ4n) is 0.852. The number of carbonyl (C=O) groups excluding carboxylic acids is 1. The van der Waals surface area contributed by atoms with Crippen molar-refractivity contribution >= 4 is 28.5 Å². The quantitative estimate of drug-likeness (QED) is 0.662. The second-order valence-corrected chi connectivity index (χ2v) is 3.60. The maximum absolute atomic E-state index is 11.3. The number of nitriles is 1. The monoisotopic (exact) mass is 286 g/mol. The van der Waals surface area contributed by atoms with Gasteiger partial charge in [-0.25, -0.2) is 0 Å². The van der Waals surface area contributed by atoms with E-state index < -0.39 is 0 Å². The van der Waals surface area contributed by atoms with Crippen molar-refractivity contribution in [3.05, 3.63) is 33.4 Å². The van der Waals surface area contributed by atoms with E-state index in [4.69, 9.17) is 5.26 Å². The molecule has 0 aromatic heterocycles. The SMILES string of the molecule is N#CCNC(=O)c1cccc(I)c1. The van der Waals surface area contributed by atoms with Gasteiger partial charge in [-0.2, -0.15) is 5.26 Å². The highest BCUT2D eigenvalue weighted by molar-refractivity contribution is 14.1. The molecule has 4 heteroatoms. The molecule has 66 valence electrons. The average Bonchev–Trinajstić information content (AvgIpc) is 2.14. The van der Waals surface area contributed by atoms with Gasteiger partial charge in [0.15, 0.2) is 0 Å². The summed E-state index contributed by atoms with van der Waals surface area (Å²) in [4.78, 5) is 11.3. The van der Waals surface area contributed by atoms with Crippen LogP contribution in [0.5, 0.6) is 0 Å². The number of rotatable bonds is 2. The Bertz CT molecular complexity index is 357. The van der Waals surface area contributed by atoms with Crippen molar-refractivity contribution in [2.75, 3.05) is 6.54 Å². The lowest BCUT2D eigenvalue weighted by atomic mass is 10.2. The Hall–Kier alpha value is -1.09. The third-order valence-electron chi connectivity index (χ3n) is 1.41. The lowest BCUT2D eigenvalue weighted by molar-refractivity contribution is 0.0958. The highest BCUT2D eigenvalue weighted by atomic mass is 127. The van der Waals surface area contributed by atoms with Crippen LogP contribution in [0.2, 0.25) is 0 Å². The van der Waals surface area contributed by atoms with E-state index in [0.29, 0.717) is 5.56 Å². The van der Waals surface area contributed by atoms with Crippen LogP contribution in [0.25, 0.3) is 0 Å². The van der Waals surface area contributed by atoms with Gasteiger partial charge in [0.2, 0.25) is 0 Å². The number of nitrogens with one attached hydrogen (secondary N) is 1. The van der Waals surface area contributed by atoms with Crippen LogP contribution >= 0.6 is 22.6 Å². The fraction of sp³-hybridized carbons (Fsp3) is 0.111. The van der Waals surface area contributed by atoms with E-state index in [1.807, 2.05) is 18.2 Å². The molecule has 0 spiro atoms. The van der Waals surface area contributed by atoms with Gasteiger partial charge in [-0.3, -0.25) is 4.79 Å². The average molecular weight is 286 g/mol. The molecule has 0 atom stereocenters. The lowest BCUT2D eigenvalue weighted by Gasteiger charge is -2.00. The van der Waals surface area contributed by atoms with Crippen molar-refractivity contribution in [2.45, 2.75) is 0 Å². The summed E-state index contributed by atoms with van der Waals surface area (Å²) in [7, 11) is 0. The zero-order valence-electron chi connectivity index (χ0n) is 6.75. The van der Waals surface area contributed by atoms with Gasteiger partial charge >= 0.3 is 0 Å². The van der Waals surface area contributed by atoms with Crippen molar-refractivity contribution in [3.63, 3.8) is 0 Å². The molecule has 0 heterocycles. The van der Waals surface area contributed by atoms with Crippen LogP contribution in [0.3, 0.4) is 0 Å². The second-order valence-electron chi connectivity index (χ2n) is 2.35. The standard InChI is InChI=1S/C9H7IN2O/c10-8-3-1-2-7(6-8)9(13)12-5-4-11/h1-3,6H,5H2,(H,12,13). The van der Waals surface area contributed by atoms with Crippen molar-refractivity contribution in [1.29, 1.82) is 5.26 Å². The molecule has 0 fully saturated rings. The second kappa shape index (κ2) is 4.82. The molecule has 0 radical (unpaired) electrons. The molecule has 0 aliphatic heterocycles. The predicted octanol–water partition coefficient (Wildman–Crippen LogP) is 1.54. The Morgan fingerprint density at radius 1 is 1.62 bits per heavy atom. The van der Waals surface area contributed by atoms with Gasteiger partial charge in [-0.05, 0) is 40.8 Å². The van der Waals surface area contributed by atoms with Crippen LogP contribution in [0.15, 0.2) is 24.3 Å². The van der Waals surface area contributed by atoms with Crippen LogP contribution in [0.4, 0.5) is 0 Å². The zero-order valence-corrected chi connectivity index (χ0v) is 8.91. The number of nitrogens with zero attached hydrogens (tertiary/aromatic N) is 1. The van der Waals surface area contributed by atoms with Gasteiger partial charge in [0, 0.05) is 9.13 Å². The van der Waals surface area contributed by atoms with Gasteiger partial charge < -0.3 is 5.32 Å². The molecule has 0 aliphatic rings. The number of hydrogen-bond acceptors (Lipinski definition) is 2. The van der Waals surface area contributed by atoms with Gasteiger partial charge in [0.1, 0.15) is 6.54 Å². The summed E-state index contributed by atoms with van der Waals surface area (Å²) in [5, 5.41) is 10.7. The predicted molar refractivity (Wildman–Crippen MR) is 57.1 cm³/mol. The van der Waals surface area contributed by atoms with Crippen LogP contribution in [-0.4, -0.2) is 12.5 Å². The molecule has 13 heavy (non-hydrogen) atoms. The summed E-state index contributed by atoms with van der Waals surface area (Å²) in [6, 6.07) is 9.05. The fourth-order valence-corrected chi connectivity index (χ4v) is 1.39. The van der Waals surface area contributed by atoms with Crippen LogP contribution in [0, 0.1) is 14.9 Å². The molecule has 0 saturated heterocycles. The minimum Gasteiger partial charge on any atom is -0.339 e. The Morgan fingerprint density at radius 3 is 3.00 bits per heavy atom. The van der Waals surface area contributed by atoms with E-state index in [1.54, 1.807) is 12.1 Å².